The van der Waals surface area contributed by atoms with E-state index in [4.69, 9.17) is 5.11 Å². The largest absolute Gasteiger partial charge is 0.478 e. The van der Waals surface area contributed by atoms with Gasteiger partial charge < -0.3 is 10.2 Å². The van der Waals surface area contributed by atoms with Gasteiger partial charge in [-0.05, 0) is 43.9 Å². The van der Waals surface area contributed by atoms with Crippen molar-refractivity contribution in [3.8, 4) is 0 Å². The first-order chi connectivity index (χ1) is 10.2. The number of aliphatic hydroxyl groups is 1. The Hall–Kier alpha value is -1.25. The van der Waals surface area contributed by atoms with Crippen LogP contribution in [0.5, 0.6) is 0 Å². The van der Waals surface area contributed by atoms with E-state index in [0.717, 1.165) is 0 Å². The quantitative estimate of drug-likeness (QED) is 0.603. The fourth-order valence-corrected chi connectivity index (χ4v) is 4.14. The van der Waals surface area contributed by atoms with Crippen LogP contribution in [0.4, 0.5) is 26.3 Å². The Bertz CT molecular complexity index is 510. The molecule has 0 radical (unpaired) electrons. The Labute approximate surface area is 128 Å². The van der Waals surface area contributed by atoms with E-state index in [1.54, 1.807) is 0 Å². The van der Waals surface area contributed by atoms with Crippen molar-refractivity contribution >= 4 is 5.97 Å². The lowest BCUT2D eigenvalue weighted by molar-refractivity contribution is -0.374. The molecule has 2 fully saturated rings. The Kier molecular flexibility index (Phi) is 4.03. The Morgan fingerprint density at radius 1 is 1.17 bits per heavy atom. The van der Waals surface area contributed by atoms with Crippen LogP contribution in [0.1, 0.15) is 32.1 Å². The minimum Gasteiger partial charge on any atom is -0.478 e. The van der Waals surface area contributed by atoms with Crippen LogP contribution in [0.15, 0.2) is 12.2 Å². The molecule has 132 valence electrons. The third kappa shape index (κ3) is 2.62. The number of carboxylic acids is 1. The van der Waals surface area contributed by atoms with Gasteiger partial charge in [0, 0.05) is 11.0 Å². The summed E-state index contributed by atoms with van der Waals surface area (Å²) in [6, 6.07) is 0. The number of carbonyl (C=O) groups is 1. The third-order valence-corrected chi connectivity index (χ3v) is 5.39. The number of carboxylic acid groups (broad SMARTS) is 1. The second-order valence-corrected chi connectivity index (χ2v) is 6.54. The molecule has 0 amide bonds. The van der Waals surface area contributed by atoms with E-state index in [2.05, 4.69) is 6.58 Å². The van der Waals surface area contributed by atoms with E-state index in [9.17, 15) is 36.2 Å². The van der Waals surface area contributed by atoms with Crippen molar-refractivity contribution in [3.05, 3.63) is 12.2 Å². The van der Waals surface area contributed by atoms with Crippen LogP contribution in [0.3, 0.4) is 0 Å². The molecule has 0 spiro atoms. The summed E-state index contributed by atoms with van der Waals surface area (Å²) < 4.78 is 77.2. The SMILES string of the molecule is C=C(C(=O)O)C12CCC(CC1CC(O)(C(F)(F)F)C(F)(F)F)C2. The average molecular weight is 346 g/mol. The maximum absolute atomic E-state index is 12.9. The molecule has 2 saturated carbocycles. The first-order valence-corrected chi connectivity index (χ1v) is 7.03. The number of halogens is 6. The standard InChI is InChI=1S/C14H16F6O3/c1-7(10(21)22)11-3-2-8(5-11)4-9(11)6-12(23,13(15,16)17)14(18,19)20/h8-9,23H,1-6H2,(H,21,22). The number of alkyl halides is 6. The van der Waals surface area contributed by atoms with Gasteiger partial charge in [0.25, 0.3) is 5.60 Å². The van der Waals surface area contributed by atoms with Gasteiger partial charge in [0.2, 0.25) is 0 Å². The molecule has 0 aliphatic heterocycles. The lowest BCUT2D eigenvalue weighted by atomic mass is 9.66. The van der Waals surface area contributed by atoms with Gasteiger partial charge in [-0.25, -0.2) is 4.79 Å². The molecular formula is C14H16F6O3. The molecule has 2 rings (SSSR count). The molecule has 3 nitrogen and oxygen atoms in total. The van der Waals surface area contributed by atoms with Gasteiger partial charge in [0.15, 0.2) is 0 Å². The van der Waals surface area contributed by atoms with Gasteiger partial charge in [-0.3, -0.25) is 0 Å². The Morgan fingerprint density at radius 2 is 1.70 bits per heavy atom. The van der Waals surface area contributed by atoms with Crippen molar-refractivity contribution in [2.75, 3.05) is 0 Å². The normalized spacial score (nSPS) is 31.4. The number of hydrogen-bond acceptors (Lipinski definition) is 2. The topological polar surface area (TPSA) is 57.5 Å². The Morgan fingerprint density at radius 3 is 2.09 bits per heavy atom. The summed E-state index contributed by atoms with van der Waals surface area (Å²) in [4.78, 5) is 11.2. The van der Waals surface area contributed by atoms with E-state index in [1.165, 1.54) is 0 Å². The fraction of sp³-hybridized carbons (Fsp3) is 0.786. The minimum atomic E-state index is -5.89. The zero-order valence-corrected chi connectivity index (χ0v) is 12.0. The molecular weight excluding hydrogens is 330 g/mol. The molecule has 2 aliphatic rings. The Balaban J connectivity index is 2.38. The average Bonchev–Trinajstić information content (AvgIpc) is 2.93. The monoisotopic (exact) mass is 346 g/mol. The first kappa shape index (κ1) is 18.1. The minimum absolute atomic E-state index is 0.0285. The van der Waals surface area contributed by atoms with Crippen molar-refractivity contribution in [2.24, 2.45) is 17.3 Å². The zero-order chi connectivity index (χ0) is 17.8. The van der Waals surface area contributed by atoms with Crippen LogP contribution < -0.4 is 0 Å². The second kappa shape index (κ2) is 5.12. The predicted octanol–water partition coefficient (Wildman–Crippen LogP) is 3.68. The fourth-order valence-electron chi connectivity index (χ4n) is 4.14. The van der Waals surface area contributed by atoms with Gasteiger partial charge in [-0.2, -0.15) is 26.3 Å². The smallest absolute Gasteiger partial charge is 0.426 e. The van der Waals surface area contributed by atoms with Crippen LogP contribution in [-0.4, -0.2) is 34.1 Å². The number of rotatable bonds is 4. The molecule has 0 aromatic rings. The number of hydrogen-bond donors (Lipinski definition) is 2. The zero-order valence-electron chi connectivity index (χ0n) is 12.0. The predicted molar refractivity (Wildman–Crippen MR) is 66.3 cm³/mol. The summed E-state index contributed by atoms with van der Waals surface area (Å²) in [6.07, 6.45) is -12.4. The van der Waals surface area contributed by atoms with Gasteiger partial charge in [-0.15, -0.1) is 0 Å². The lowest BCUT2D eigenvalue weighted by Gasteiger charge is -2.41. The maximum Gasteiger partial charge on any atom is 0.426 e. The van der Waals surface area contributed by atoms with Crippen molar-refractivity contribution in [1.82, 2.24) is 0 Å². The van der Waals surface area contributed by atoms with E-state index in [1.807, 2.05) is 0 Å². The van der Waals surface area contributed by atoms with E-state index in [-0.39, 0.29) is 30.8 Å². The third-order valence-electron chi connectivity index (χ3n) is 5.39. The molecule has 0 aromatic carbocycles. The highest BCUT2D eigenvalue weighted by molar-refractivity contribution is 5.87. The van der Waals surface area contributed by atoms with Gasteiger partial charge in [-0.1, -0.05) is 6.58 Å². The van der Waals surface area contributed by atoms with E-state index in [0.29, 0.717) is 6.42 Å². The van der Waals surface area contributed by atoms with Gasteiger partial charge >= 0.3 is 18.3 Å². The van der Waals surface area contributed by atoms with Crippen LogP contribution in [-0.2, 0) is 4.79 Å². The molecule has 9 heteroatoms. The van der Waals surface area contributed by atoms with E-state index < -0.39 is 41.7 Å². The van der Waals surface area contributed by atoms with Crippen LogP contribution >= 0.6 is 0 Å². The first-order valence-electron chi connectivity index (χ1n) is 7.03. The maximum atomic E-state index is 12.9. The highest BCUT2D eigenvalue weighted by Crippen LogP contribution is 2.64. The highest BCUT2D eigenvalue weighted by atomic mass is 19.4. The molecule has 23 heavy (non-hydrogen) atoms. The van der Waals surface area contributed by atoms with Crippen molar-refractivity contribution in [2.45, 2.75) is 50.1 Å². The number of fused-ring (bicyclic) bond motifs is 2. The summed E-state index contributed by atoms with van der Waals surface area (Å²) in [6.45, 7) is 3.37. The number of aliphatic carboxylic acids is 1. The summed E-state index contributed by atoms with van der Waals surface area (Å²) in [7, 11) is 0. The molecule has 0 saturated heterocycles. The van der Waals surface area contributed by atoms with Gasteiger partial charge in [0.1, 0.15) is 0 Å². The van der Waals surface area contributed by atoms with Crippen molar-refractivity contribution in [1.29, 1.82) is 0 Å². The van der Waals surface area contributed by atoms with Crippen molar-refractivity contribution in [3.63, 3.8) is 0 Å². The molecule has 3 unspecified atom stereocenters. The van der Waals surface area contributed by atoms with Crippen LogP contribution in [0.25, 0.3) is 0 Å². The summed E-state index contributed by atoms with van der Waals surface area (Å²) in [5.74, 6) is -2.79. The van der Waals surface area contributed by atoms with E-state index >= 15 is 0 Å². The molecule has 2 aliphatic carbocycles. The molecule has 2 bridgehead atoms. The molecule has 0 aromatic heterocycles. The second-order valence-electron chi connectivity index (χ2n) is 6.54. The summed E-state index contributed by atoms with van der Waals surface area (Å²) in [5.41, 5.74) is -6.52. The van der Waals surface area contributed by atoms with Crippen LogP contribution in [0.2, 0.25) is 0 Å². The summed E-state index contributed by atoms with van der Waals surface area (Å²) in [5, 5.41) is 18.5. The van der Waals surface area contributed by atoms with Crippen molar-refractivity contribution < 1.29 is 41.4 Å². The lowest BCUT2D eigenvalue weighted by Crippen LogP contribution is -2.58. The highest BCUT2D eigenvalue weighted by Gasteiger charge is 2.72. The molecule has 0 heterocycles. The molecule has 3 atom stereocenters. The van der Waals surface area contributed by atoms with Gasteiger partial charge in [0.05, 0.1) is 0 Å². The molecule has 2 N–H and O–H groups in total. The van der Waals surface area contributed by atoms with Crippen LogP contribution in [0, 0.1) is 17.3 Å². The summed E-state index contributed by atoms with van der Waals surface area (Å²) >= 11 is 0.